The highest BCUT2D eigenvalue weighted by Crippen LogP contribution is 2.37. The Labute approximate surface area is 177 Å². The summed E-state index contributed by atoms with van der Waals surface area (Å²) in [5, 5.41) is 5.31. The van der Waals surface area contributed by atoms with Crippen LogP contribution in [0.3, 0.4) is 0 Å². The Kier molecular flexibility index (Phi) is 5.50. The minimum atomic E-state index is -0.765. The fourth-order valence-electron chi connectivity index (χ4n) is 4.14. The predicted octanol–water partition coefficient (Wildman–Crippen LogP) is 0.104. The molecule has 2 amide bonds. The maximum Gasteiger partial charge on any atom is 0.277 e. The number of thiazole rings is 1. The van der Waals surface area contributed by atoms with Crippen LogP contribution in [0.1, 0.15) is 34.8 Å². The Hall–Kier alpha value is -2.34. The number of hydrogen-bond acceptors (Lipinski definition) is 9. The number of ether oxygens (including phenoxy) is 2. The van der Waals surface area contributed by atoms with Gasteiger partial charge in [-0.2, -0.15) is 0 Å². The van der Waals surface area contributed by atoms with Gasteiger partial charge in [-0.25, -0.2) is 15.4 Å². The largest absolute Gasteiger partial charge is 0.378 e. The number of rotatable bonds is 3. The summed E-state index contributed by atoms with van der Waals surface area (Å²) in [6.45, 7) is 2.95. The van der Waals surface area contributed by atoms with Gasteiger partial charge in [-0.3, -0.25) is 20.3 Å². The summed E-state index contributed by atoms with van der Waals surface area (Å²) in [6.07, 6.45) is 4.80. The molecule has 160 valence electrons. The zero-order valence-corrected chi connectivity index (χ0v) is 17.2. The van der Waals surface area contributed by atoms with Crippen LogP contribution >= 0.6 is 11.3 Å². The maximum atomic E-state index is 12.6. The Bertz CT molecular complexity index is 893. The first kappa shape index (κ1) is 19.6. The molecular weight excluding hydrogens is 408 g/mol. The minimum Gasteiger partial charge on any atom is -0.378 e. The molecule has 0 radical (unpaired) electrons. The monoisotopic (exact) mass is 432 g/mol. The molecule has 10 nitrogen and oxygen atoms in total. The normalized spacial score (nSPS) is 28.4. The number of nitrogens with zero attached hydrogens (tertiary/aromatic N) is 3. The molecule has 30 heavy (non-hydrogen) atoms. The van der Waals surface area contributed by atoms with Crippen molar-refractivity contribution in [3.8, 4) is 0 Å². The highest BCUT2D eigenvalue weighted by Gasteiger charge is 2.32. The Morgan fingerprint density at radius 1 is 1.23 bits per heavy atom. The van der Waals surface area contributed by atoms with Gasteiger partial charge in [0.25, 0.3) is 11.8 Å². The number of carbonyl (C=O) groups excluding carboxylic acids is 2. The van der Waals surface area contributed by atoms with E-state index in [0.717, 1.165) is 30.9 Å². The van der Waals surface area contributed by atoms with Crippen LogP contribution < -0.4 is 16.2 Å². The molecule has 3 unspecified atom stereocenters. The molecule has 4 heterocycles. The Balaban J connectivity index is 1.20. The zero-order chi connectivity index (χ0) is 20.5. The highest BCUT2D eigenvalue weighted by molar-refractivity contribution is 7.11. The average Bonchev–Trinajstić information content (AvgIpc) is 3.53. The van der Waals surface area contributed by atoms with Crippen LogP contribution in [0.5, 0.6) is 0 Å². The molecule has 1 aromatic rings. The quantitative estimate of drug-likeness (QED) is 0.620. The third-order valence-electron chi connectivity index (χ3n) is 5.76. The first-order valence-corrected chi connectivity index (χ1v) is 11.1. The lowest BCUT2D eigenvalue weighted by Crippen LogP contribution is -2.51. The van der Waals surface area contributed by atoms with E-state index < -0.39 is 6.17 Å². The van der Waals surface area contributed by atoms with Crippen LogP contribution in [0.25, 0.3) is 5.57 Å². The molecular formula is C19H24N6O4S. The first-order valence-electron chi connectivity index (χ1n) is 10.2. The highest BCUT2D eigenvalue weighted by atomic mass is 32.1. The lowest BCUT2D eigenvalue weighted by molar-refractivity contribution is -0.137. The number of allylic oxidation sites excluding steroid dienone is 1. The third kappa shape index (κ3) is 3.97. The number of hydrogen-bond donors (Lipinski definition) is 3. The molecule has 11 heteroatoms. The van der Waals surface area contributed by atoms with E-state index in [1.807, 2.05) is 0 Å². The number of guanidine groups is 1. The van der Waals surface area contributed by atoms with Crippen LogP contribution in [-0.4, -0.2) is 72.8 Å². The molecule has 5 rings (SSSR count). The maximum absolute atomic E-state index is 12.6. The van der Waals surface area contributed by atoms with Crippen LogP contribution in [-0.2, 0) is 14.3 Å². The van der Waals surface area contributed by atoms with Crippen LogP contribution in [0.4, 0.5) is 0 Å². The van der Waals surface area contributed by atoms with Gasteiger partial charge in [0.15, 0.2) is 6.17 Å². The molecule has 1 aromatic heterocycles. The summed E-state index contributed by atoms with van der Waals surface area (Å²) in [7, 11) is 0. The molecule has 3 N–H and O–H groups in total. The van der Waals surface area contributed by atoms with Crippen molar-refractivity contribution in [1.29, 1.82) is 0 Å². The molecule has 2 fully saturated rings. The smallest absolute Gasteiger partial charge is 0.277 e. The molecule has 0 saturated carbocycles. The van der Waals surface area contributed by atoms with Crippen molar-refractivity contribution in [1.82, 2.24) is 26.1 Å². The fourth-order valence-corrected chi connectivity index (χ4v) is 4.99. The number of fused-ring (bicyclic) bond motifs is 1. The van der Waals surface area contributed by atoms with Crippen LogP contribution in [0.2, 0.25) is 0 Å². The number of aliphatic imine (C=N–C) groups is 1. The van der Waals surface area contributed by atoms with Gasteiger partial charge in [-0.05, 0) is 24.8 Å². The standard InChI is InChI=1S/C19H24N6O4S/c26-16(22-19-21-15(23-24-19)18(27)25-4-7-28-8-5-25)13-10-30-17(20-13)12-1-2-14-11(9-12)3-6-29-14/h9-11,14-15,23H,1-8H2,(H2,21,22,24,26). The van der Waals surface area contributed by atoms with Crippen molar-refractivity contribution in [2.45, 2.75) is 31.5 Å². The van der Waals surface area contributed by atoms with Crippen LogP contribution in [0, 0.1) is 5.92 Å². The summed E-state index contributed by atoms with van der Waals surface area (Å²) in [4.78, 5) is 35.5. The molecule has 0 bridgehead atoms. The van der Waals surface area contributed by atoms with E-state index in [9.17, 15) is 9.59 Å². The molecule has 0 spiro atoms. The number of nitrogens with one attached hydrogen (secondary N) is 3. The third-order valence-corrected chi connectivity index (χ3v) is 6.68. The summed E-state index contributed by atoms with van der Waals surface area (Å²) < 4.78 is 11.0. The Morgan fingerprint density at radius 2 is 2.10 bits per heavy atom. The number of amides is 2. The summed E-state index contributed by atoms with van der Waals surface area (Å²) in [6, 6.07) is 0. The van der Waals surface area contributed by atoms with E-state index in [1.165, 1.54) is 16.9 Å². The van der Waals surface area contributed by atoms with E-state index >= 15 is 0 Å². The second-order valence-electron chi connectivity index (χ2n) is 7.67. The van der Waals surface area contributed by atoms with E-state index in [0.29, 0.717) is 44.0 Å². The minimum absolute atomic E-state index is 0.149. The molecule has 4 aliphatic rings. The lowest BCUT2D eigenvalue weighted by atomic mass is 9.88. The topological polar surface area (TPSA) is 117 Å². The summed E-state index contributed by atoms with van der Waals surface area (Å²) in [5.41, 5.74) is 7.10. The van der Waals surface area contributed by atoms with Crippen LogP contribution in [0.15, 0.2) is 16.4 Å². The van der Waals surface area contributed by atoms with Gasteiger partial charge < -0.3 is 14.4 Å². The van der Waals surface area contributed by atoms with Crippen molar-refractivity contribution in [3.63, 3.8) is 0 Å². The fraction of sp³-hybridized carbons (Fsp3) is 0.579. The number of hydrazine groups is 1. The molecule has 0 aromatic carbocycles. The van der Waals surface area contributed by atoms with E-state index in [2.05, 4.69) is 32.2 Å². The van der Waals surface area contributed by atoms with Gasteiger partial charge in [0.05, 0.1) is 19.3 Å². The zero-order valence-electron chi connectivity index (χ0n) is 16.4. The number of aromatic nitrogens is 1. The van der Waals surface area contributed by atoms with Crippen molar-refractivity contribution in [2.75, 3.05) is 32.9 Å². The van der Waals surface area contributed by atoms with E-state index in [1.54, 1.807) is 10.3 Å². The summed E-state index contributed by atoms with van der Waals surface area (Å²) in [5.74, 6) is 0.163. The van der Waals surface area contributed by atoms with Gasteiger partial charge in [-0.1, -0.05) is 6.08 Å². The van der Waals surface area contributed by atoms with E-state index in [4.69, 9.17) is 9.47 Å². The Morgan fingerprint density at radius 3 is 2.97 bits per heavy atom. The van der Waals surface area contributed by atoms with Gasteiger partial charge in [0.2, 0.25) is 5.96 Å². The van der Waals surface area contributed by atoms with Crippen molar-refractivity contribution < 1.29 is 19.1 Å². The van der Waals surface area contributed by atoms with Crippen molar-refractivity contribution >= 4 is 34.7 Å². The second-order valence-corrected chi connectivity index (χ2v) is 8.53. The second kappa shape index (κ2) is 8.42. The first-order chi connectivity index (χ1) is 14.7. The van der Waals surface area contributed by atoms with Gasteiger partial charge in [0, 0.05) is 31.0 Å². The van der Waals surface area contributed by atoms with Gasteiger partial charge >= 0.3 is 0 Å². The SMILES string of the molecule is O=C(NC1=NC(C(=O)N2CCOCC2)NN1)c1csc(C2=CC3CCOC3CC2)n1. The average molecular weight is 433 g/mol. The predicted molar refractivity (Wildman–Crippen MR) is 110 cm³/mol. The number of carbonyl (C=O) groups is 2. The number of morpholine rings is 1. The lowest BCUT2D eigenvalue weighted by Gasteiger charge is -2.27. The molecule has 1 aliphatic carbocycles. The van der Waals surface area contributed by atoms with Gasteiger partial charge in [-0.15, -0.1) is 11.3 Å². The molecule has 3 aliphatic heterocycles. The molecule has 3 atom stereocenters. The van der Waals surface area contributed by atoms with Gasteiger partial charge in [0.1, 0.15) is 10.7 Å². The molecule has 2 saturated heterocycles. The summed E-state index contributed by atoms with van der Waals surface area (Å²) >= 11 is 1.47. The van der Waals surface area contributed by atoms with Crippen molar-refractivity contribution in [3.05, 3.63) is 22.2 Å². The van der Waals surface area contributed by atoms with Crippen molar-refractivity contribution in [2.24, 2.45) is 10.9 Å². The van der Waals surface area contributed by atoms with E-state index in [-0.39, 0.29) is 17.8 Å².